The molecule has 0 spiro atoms. The van der Waals surface area contributed by atoms with Crippen LogP contribution in [0.15, 0.2) is 0 Å². The van der Waals surface area contributed by atoms with E-state index in [4.69, 9.17) is 6.42 Å². The Bertz CT molecular complexity index is 155. The van der Waals surface area contributed by atoms with Crippen LogP contribution < -0.4 is 0 Å². The summed E-state index contributed by atoms with van der Waals surface area (Å²) in [7, 11) is 0. The van der Waals surface area contributed by atoms with Gasteiger partial charge < -0.3 is 4.79 Å². The molecule has 1 saturated carbocycles. The van der Waals surface area contributed by atoms with Gasteiger partial charge in [0.25, 0.3) is 0 Å². The quantitative estimate of drug-likeness (QED) is 0.395. The van der Waals surface area contributed by atoms with Crippen molar-refractivity contribution in [2.45, 2.75) is 25.7 Å². The lowest BCUT2D eigenvalue weighted by Gasteiger charge is -2.21. The minimum Gasteiger partial charge on any atom is -0.303 e. The van der Waals surface area contributed by atoms with Gasteiger partial charge in [0.15, 0.2) is 0 Å². The van der Waals surface area contributed by atoms with E-state index in [1.54, 1.807) is 0 Å². The fourth-order valence-corrected chi connectivity index (χ4v) is 1.50. The maximum atomic E-state index is 10.4. The Morgan fingerprint density at radius 1 is 1.50 bits per heavy atom. The molecule has 1 heteroatoms. The van der Waals surface area contributed by atoms with E-state index in [1.807, 2.05) is 0 Å². The highest BCUT2D eigenvalue weighted by atomic mass is 16.1. The van der Waals surface area contributed by atoms with E-state index in [1.165, 1.54) is 0 Å². The number of carbonyl (C=O) groups is 1. The van der Waals surface area contributed by atoms with Gasteiger partial charge in [-0.3, -0.25) is 0 Å². The van der Waals surface area contributed by atoms with Gasteiger partial charge in [-0.05, 0) is 19.3 Å². The summed E-state index contributed by atoms with van der Waals surface area (Å²) in [6.07, 6.45) is 10.5. The lowest BCUT2D eigenvalue weighted by atomic mass is 9.83. The number of carbonyl (C=O) groups excluding carboxylic acids is 1. The minimum absolute atomic E-state index is 0.245. The Morgan fingerprint density at radius 3 is 2.90 bits per heavy atom. The van der Waals surface area contributed by atoms with Crippen LogP contribution in [0.25, 0.3) is 0 Å². The molecule has 1 fully saturated rings. The van der Waals surface area contributed by atoms with Gasteiger partial charge in [0.05, 0.1) is 0 Å². The van der Waals surface area contributed by atoms with Crippen LogP contribution in [0.4, 0.5) is 0 Å². The second-order valence-electron chi connectivity index (χ2n) is 2.93. The molecule has 2 atom stereocenters. The summed E-state index contributed by atoms with van der Waals surface area (Å²) in [5.41, 5.74) is 0. The average Bonchev–Trinajstić information content (AvgIpc) is 2.05. The van der Waals surface area contributed by atoms with Crippen molar-refractivity contribution in [3.8, 4) is 12.3 Å². The van der Waals surface area contributed by atoms with E-state index >= 15 is 0 Å². The summed E-state index contributed by atoms with van der Waals surface area (Å²) in [4.78, 5) is 10.4. The maximum Gasteiger partial charge on any atom is 0.123 e. The van der Waals surface area contributed by atoms with Gasteiger partial charge in [-0.25, -0.2) is 0 Å². The molecule has 0 bridgehead atoms. The molecule has 0 aromatic heterocycles. The maximum absolute atomic E-state index is 10.4. The smallest absolute Gasteiger partial charge is 0.123 e. The third kappa shape index (κ3) is 1.60. The average molecular weight is 136 g/mol. The first kappa shape index (κ1) is 7.34. The van der Waals surface area contributed by atoms with E-state index in [0.717, 1.165) is 32.0 Å². The first-order valence-electron chi connectivity index (χ1n) is 3.78. The van der Waals surface area contributed by atoms with Crippen molar-refractivity contribution in [2.24, 2.45) is 11.8 Å². The number of hydrogen-bond acceptors (Lipinski definition) is 1. The van der Waals surface area contributed by atoms with Crippen molar-refractivity contribution < 1.29 is 4.79 Å². The molecule has 54 valence electrons. The Labute approximate surface area is 61.8 Å². The summed E-state index contributed by atoms with van der Waals surface area (Å²) in [5.74, 6) is 3.32. The van der Waals surface area contributed by atoms with Crippen LogP contribution in [-0.2, 0) is 4.79 Å². The first-order chi connectivity index (χ1) is 4.86. The Kier molecular flexibility index (Phi) is 2.50. The predicted octanol–water partition coefficient (Wildman–Crippen LogP) is 1.62. The summed E-state index contributed by atoms with van der Waals surface area (Å²) < 4.78 is 0. The zero-order chi connectivity index (χ0) is 7.40. The molecule has 0 aromatic carbocycles. The summed E-state index contributed by atoms with van der Waals surface area (Å²) >= 11 is 0. The lowest BCUT2D eigenvalue weighted by molar-refractivity contribution is -0.112. The molecule has 1 nitrogen and oxygen atoms in total. The van der Waals surface area contributed by atoms with Gasteiger partial charge >= 0.3 is 0 Å². The van der Waals surface area contributed by atoms with Crippen LogP contribution in [0.3, 0.4) is 0 Å². The van der Waals surface area contributed by atoms with Crippen molar-refractivity contribution in [2.75, 3.05) is 0 Å². The van der Waals surface area contributed by atoms with Crippen molar-refractivity contribution >= 4 is 6.29 Å². The molecular weight excluding hydrogens is 124 g/mol. The standard InChI is InChI=1S/C9H12O/c1-2-8-4-3-5-9(6-8)7-10/h1,7-9H,3-6H2/t8-,9+/m1/s1. The predicted molar refractivity (Wildman–Crippen MR) is 40.3 cm³/mol. The molecule has 0 radical (unpaired) electrons. The summed E-state index contributed by atoms with van der Waals surface area (Å²) in [6.45, 7) is 0. The zero-order valence-electron chi connectivity index (χ0n) is 6.05. The fraction of sp³-hybridized carbons (Fsp3) is 0.667. The van der Waals surface area contributed by atoms with Crippen molar-refractivity contribution in [1.82, 2.24) is 0 Å². The van der Waals surface area contributed by atoms with Crippen molar-refractivity contribution in [3.63, 3.8) is 0 Å². The third-order valence-electron chi connectivity index (χ3n) is 2.14. The first-order valence-corrected chi connectivity index (χ1v) is 3.78. The van der Waals surface area contributed by atoms with Gasteiger partial charge in [0, 0.05) is 11.8 Å². The molecule has 0 aliphatic heterocycles. The van der Waals surface area contributed by atoms with Crippen molar-refractivity contribution in [1.29, 1.82) is 0 Å². The molecule has 0 saturated heterocycles. The minimum atomic E-state index is 0.245. The number of hydrogen-bond donors (Lipinski definition) is 0. The molecule has 0 heterocycles. The highest BCUT2D eigenvalue weighted by Gasteiger charge is 2.19. The zero-order valence-corrected chi connectivity index (χ0v) is 6.05. The second-order valence-corrected chi connectivity index (χ2v) is 2.93. The summed E-state index contributed by atoms with van der Waals surface area (Å²) in [5, 5.41) is 0. The van der Waals surface area contributed by atoms with E-state index in [0.29, 0.717) is 5.92 Å². The highest BCUT2D eigenvalue weighted by molar-refractivity contribution is 5.53. The topological polar surface area (TPSA) is 17.1 Å². The van der Waals surface area contributed by atoms with Gasteiger partial charge in [-0.2, -0.15) is 0 Å². The van der Waals surface area contributed by atoms with Crippen molar-refractivity contribution in [3.05, 3.63) is 0 Å². The number of rotatable bonds is 1. The monoisotopic (exact) mass is 136 g/mol. The van der Waals surface area contributed by atoms with E-state index < -0.39 is 0 Å². The lowest BCUT2D eigenvalue weighted by Crippen LogP contribution is -2.14. The van der Waals surface area contributed by atoms with Crippen LogP contribution >= 0.6 is 0 Å². The highest BCUT2D eigenvalue weighted by Crippen LogP contribution is 2.26. The normalized spacial score (nSPS) is 32.7. The Morgan fingerprint density at radius 2 is 2.30 bits per heavy atom. The van der Waals surface area contributed by atoms with E-state index in [-0.39, 0.29) is 5.92 Å². The number of terminal acetylenes is 1. The molecule has 0 unspecified atom stereocenters. The van der Waals surface area contributed by atoms with Crippen LogP contribution in [0.5, 0.6) is 0 Å². The van der Waals surface area contributed by atoms with E-state index in [2.05, 4.69) is 5.92 Å². The molecule has 0 aromatic rings. The SMILES string of the molecule is C#C[C@@H]1CCC[C@H](C=O)C1. The molecule has 0 N–H and O–H groups in total. The molecule has 1 rings (SSSR count). The van der Waals surface area contributed by atoms with Gasteiger partial charge in [-0.1, -0.05) is 6.42 Å². The second kappa shape index (κ2) is 3.41. The van der Waals surface area contributed by atoms with Gasteiger partial charge in [-0.15, -0.1) is 12.3 Å². The van der Waals surface area contributed by atoms with Crippen LogP contribution in [0.2, 0.25) is 0 Å². The fourth-order valence-electron chi connectivity index (χ4n) is 1.50. The number of aldehydes is 1. The Balaban J connectivity index is 2.40. The van der Waals surface area contributed by atoms with Gasteiger partial charge in [0.1, 0.15) is 6.29 Å². The van der Waals surface area contributed by atoms with Crippen LogP contribution in [-0.4, -0.2) is 6.29 Å². The molecule has 0 amide bonds. The van der Waals surface area contributed by atoms with Crippen LogP contribution in [0.1, 0.15) is 25.7 Å². The molecule has 10 heavy (non-hydrogen) atoms. The molecular formula is C9H12O. The van der Waals surface area contributed by atoms with Crippen LogP contribution in [0, 0.1) is 24.2 Å². The summed E-state index contributed by atoms with van der Waals surface area (Å²) in [6, 6.07) is 0. The largest absolute Gasteiger partial charge is 0.303 e. The third-order valence-corrected chi connectivity index (χ3v) is 2.14. The van der Waals surface area contributed by atoms with E-state index in [9.17, 15) is 4.79 Å². The van der Waals surface area contributed by atoms with Gasteiger partial charge in [0.2, 0.25) is 0 Å². The molecule has 1 aliphatic carbocycles. The molecule has 1 aliphatic rings. The Hall–Kier alpha value is -0.770.